The smallest absolute Gasteiger partial charge is 0.337 e. The second-order valence-electron chi connectivity index (χ2n) is 6.97. The molecule has 0 saturated heterocycles. The second kappa shape index (κ2) is 8.62. The first-order valence-electron chi connectivity index (χ1n) is 9.65. The van der Waals surface area contributed by atoms with E-state index in [1.54, 1.807) is 41.7 Å². The number of carbonyl (C=O) groups excluding carboxylic acids is 2. The minimum atomic E-state index is -0.514. The summed E-state index contributed by atoms with van der Waals surface area (Å²) >= 11 is 1.66. The topological polar surface area (TPSA) is 104 Å². The molecule has 0 saturated carbocycles. The van der Waals surface area contributed by atoms with E-state index < -0.39 is 11.9 Å². The Bertz CT molecular complexity index is 1140. The van der Waals surface area contributed by atoms with Gasteiger partial charge in [0, 0.05) is 11.0 Å². The fraction of sp³-hybridized carbons (Fsp3) is 0.273. The van der Waals surface area contributed by atoms with E-state index in [9.17, 15) is 9.59 Å². The van der Waals surface area contributed by atoms with Crippen molar-refractivity contribution in [3.63, 3.8) is 0 Å². The number of benzene rings is 1. The van der Waals surface area contributed by atoms with Crippen LogP contribution in [-0.2, 0) is 33.7 Å². The van der Waals surface area contributed by atoms with Crippen molar-refractivity contribution in [2.75, 3.05) is 12.8 Å². The van der Waals surface area contributed by atoms with Crippen LogP contribution in [0.2, 0.25) is 0 Å². The third-order valence-corrected chi connectivity index (χ3v) is 6.16. The van der Waals surface area contributed by atoms with Gasteiger partial charge in [-0.3, -0.25) is 0 Å². The fourth-order valence-electron chi connectivity index (χ4n) is 3.49. The van der Waals surface area contributed by atoms with Crippen LogP contribution in [0.25, 0.3) is 16.3 Å². The first-order chi connectivity index (χ1) is 14.5. The third-order valence-electron chi connectivity index (χ3n) is 4.98. The van der Waals surface area contributed by atoms with Crippen LogP contribution in [0.4, 0.5) is 5.82 Å². The van der Waals surface area contributed by atoms with Crippen LogP contribution in [0.5, 0.6) is 0 Å². The van der Waals surface area contributed by atoms with Crippen LogP contribution in [0.1, 0.15) is 45.0 Å². The van der Waals surface area contributed by atoms with Crippen LogP contribution < -0.4 is 5.73 Å². The summed E-state index contributed by atoms with van der Waals surface area (Å²) in [7, 11) is 1.33. The average molecular weight is 423 g/mol. The maximum absolute atomic E-state index is 12.1. The predicted octanol–water partition coefficient (Wildman–Crippen LogP) is 3.70. The monoisotopic (exact) mass is 423 g/mol. The molecular formula is C22H21N3O4S. The Morgan fingerprint density at radius 1 is 1.17 bits per heavy atom. The molecule has 1 aliphatic carbocycles. The molecule has 0 bridgehead atoms. The van der Waals surface area contributed by atoms with Gasteiger partial charge in [0.05, 0.1) is 18.1 Å². The molecule has 8 heteroatoms. The lowest BCUT2D eigenvalue weighted by Crippen LogP contribution is -2.07. The number of hydrogen-bond donors (Lipinski definition) is 1. The average Bonchev–Trinajstić information content (AvgIpc) is 3.15. The van der Waals surface area contributed by atoms with Crippen molar-refractivity contribution < 1.29 is 19.1 Å². The first-order valence-corrected chi connectivity index (χ1v) is 10.5. The van der Waals surface area contributed by atoms with Crippen LogP contribution in [-0.4, -0.2) is 29.0 Å². The molecule has 30 heavy (non-hydrogen) atoms. The van der Waals surface area contributed by atoms with Crippen LogP contribution >= 0.6 is 11.3 Å². The number of thiophene rings is 1. The van der Waals surface area contributed by atoms with Gasteiger partial charge in [0.2, 0.25) is 0 Å². The number of anilines is 1. The minimum Gasteiger partial charge on any atom is -0.465 e. The van der Waals surface area contributed by atoms with Crippen molar-refractivity contribution in [3.05, 3.63) is 57.7 Å². The maximum Gasteiger partial charge on any atom is 0.337 e. The van der Waals surface area contributed by atoms with Crippen LogP contribution in [0.3, 0.4) is 0 Å². The Morgan fingerprint density at radius 2 is 1.93 bits per heavy atom. The molecule has 0 fully saturated rings. The highest BCUT2D eigenvalue weighted by Gasteiger charge is 2.20. The lowest BCUT2D eigenvalue weighted by Gasteiger charge is -2.10. The number of nitrogen functional groups attached to an aromatic ring is 1. The number of fused-ring (bicyclic) bond motifs is 3. The maximum atomic E-state index is 12.1. The number of nitrogens with zero attached hydrogens (tertiary/aromatic N) is 2. The van der Waals surface area contributed by atoms with Gasteiger partial charge in [0.15, 0.2) is 12.4 Å². The van der Waals surface area contributed by atoms with E-state index in [0.717, 1.165) is 35.0 Å². The molecule has 154 valence electrons. The molecule has 0 aliphatic heterocycles. The van der Waals surface area contributed by atoms with Crippen molar-refractivity contribution in [2.24, 2.45) is 0 Å². The van der Waals surface area contributed by atoms with E-state index in [1.807, 2.05) is 0 Å². The Balaban J connectivity index is 1.40. The number of methoxy groups -OCH3 is 1. The lowest BCUT2D eigenvalue weighted by atomic mass is 9.97. The molecule has 4 rings (SSSR count). The number of rotatable bonds is 5. The fourth-order valence-corrected chi connectivity index (χ4v) is 4.78. The Morgan fingerprint density at radius 3 is 2.70 bits per heavy atom. The second-order valence-corrected chi connectivity index (χ2v) is 8.05. The summed E-state index contributed by atoms with van der Waals surface area (Å²) in [6.45, 7) is -0.0485. The zero-order valence-electron chi connectivity index (χ0n) is 16.5. The number of aryl methyl sites for hydroxylation is 2. The van der Waals surface area contributed by atoms with E-state index in [4.69, 9.17) is 10.5 Å². The first kappa shape index (κ1) is 20.0. The normalized spacial score (nSPS) is 13.4. The molecule has 0 atom stereocenters. The van der Waals surface area contributed by atoms with Gasteiger partial charge >= 0.3 is 11.9 Å². The summed E-state index contributed by atoms with van der Waals surface area (Å²) in [5.41, 5.74) is 8.66. The Labute approximate surface area is 177 Å². The van der Waals surface area contributed by atoms with Crippen molar-refractivity contribution in [2.45, 2.75) is 32.3 Å². The zero-order chi connectivity index (χ0) is 21.1. The predicted molar refractivity (Wildman–Crippen MR) is 115 cm³/mol. The van der Waals surface area contributed by atoms with Crippen LogP contribution in [0, 0.1) is 0 Å². The largest absolute Gasteiger partial charge is 0.465 e. The molecule has 0 radical (unpaired) electrons. The Hall–Kier alpha value is -3.26. The number of aromatic nitrogens is 2. The Kier molecular flexibility index (Phi) is 5.76. The molecule has 0 amide bonds. The van der Waals surface area contributed by atoms with Crippen molar-refractivity contribution in [1.29, 1.82) is 0 Å². The van der Waals surface area contributed by atoms with E-state index in [2.05, 4.69) is 14.7 Å². The van der Waals surface area contributed by atoms with Gasteiger partial charge in [0.1, 0.15) is 10.6 Å². The quantitative estimate of drug-likeness (QED) is 0.493. The van der Waals surface area contributed by atoms with Crippen LogP contribution in [0.15, 0.2) is 30.3 Å². The highest BCUT2D eigenvalue weighted by molar-refractivity contribution is 7.19. The van der Waals surface area contributed by atoms with Crippen molar-refractivity contribution >= 4 is 45.4 Å². The standard InChI is InChI=1S/C22H21N3O4S/c1-28-22(27)14-9-6-13(7-10-14)8-11-18(26)29-12-17-24-20(23)19-15-4-2-3-5-16(15)30-21(19)25-17/h6-11H,2-5,12H2,1H3,(H2,23,24,25)/b11-8+. The molecule has 0 unspecified atom stereocenters. The third kappa shape index (κ3) is 4.18. The summed E-state index contributed by atoms with van der Waals surface area (Å²) in [5, 5.41) is 0.958. The SMILES string of the molecule is COC(=O)c1ccc(/C=C/C(=O)OCc2nc(N)c3c4c(sc3n2)CCCC4)cc1. The number of esters is 2. The highest BCUT2D eigenvalue weighted by Crippen LogP contribution is 2.37. The summed E-state index contributed by atoms with van der Waals surface area (Å²) in [6.07, 6.45) is 7.35. The molecule has 7 nitrogen and oxygen atoms in total. The number of ether oxygens (including phenoxy) is 2. The summed E-state index contributed by atoms with van der Waals surface area (Å²) in [6, 6.07) is 6.69. The van der Waals surface area contributed by atoms with Gasteiger partial charge in [0.25, 0.3) is 0 Å². The summed E-state index contributed by atoms with van der Waals surface area (Å²) in [4.78, 5) is 34.6. The van der Waals surface area contributed by atoms with Gasteiger partial charge in [-0.25, -0.2) is 19.6 Å². The van der Waals surface area contributed by atoms with E-state index in [-0.39, 0.29) is 6.61 Å². The van der Waals surface area contributed by atoms with Gasteiger partial charge in [-0.1, -0.05) is 12.1 Å². The minimum absolute atomic E-state index is 0.0485. The van der Waals surface area contributed by atoms with Gasteiger partial charge in [-0.15, -0.1) is 11.3 Å². The van der Waals surface area contributed by atoms with Gasteiger partial charge in [-0.05, 0) is 55.0 Å². The van der Waals surface area contributed by atoms with Crippen molar-refractivity contribution in [1.82, 2.24) is 9.97 Å². The molecule has 1 aromatic carbocycles. The van der Waals surface area contributed by atoms with E-state index in [1.165, 1.54) is 30.0 Å². The highest BCUT2D eigenvalue weighted by atomic mass is 32.1. The molecule has 0 spiro atoms. The molecule has 3 aromatic rings. The van der Waals surface area contributed by atoms with Crippen molar-refractivity contribution in [3.8, 4) is 0 Å². The van der Waals surface area contributed by atoms with Gasteiger partial charge in [-0.2, -0.15) is 0 Å². The van der Waals surface area contributed by atoms with E-state index >= 15 is 0 Å². The molecule has 2 heterocycles. The van der Waals surface area contributed by atoms with E-state index in [0.29, 0.717) is 17.2 Å². The lowest BCUT2D eigenvalue weighted by molar-refractivity contribution is -0.139. The molecule has 2 aromatic heterocycles. The molecular weight excluding hydrogens is 402 g/mol. The zero-order valence-corrected chi connectivity index (χ0v) is 17.3. The molecule has 1 aliphatic rings. The summed E-state index contributed by atoms with van der Waals surface area (Å²) < 4.78 is 9.92. The summed E-state index contributed by atoms with van der Waals surface area (Å²) in [5.74, 6) is -0.0815. The number of hydrogen-bond acceptors (Lipinski definition) is 8. The number of nitrogens with two attached hydrogens (primary N) is 1. The molecule has 2 N–H and O–H groups in total. The van der Waals surface area contributed by atoms with Gasteiger partial charge < -0.3 is 15.2 Å². The number of carbonyl (C=O) groups is 2.